The van der Waals surface area contributed by atoms with Crippen LogP contribution >= 0.6 is 0 Å². The average molecular weight is 1410 g/mol. The van der Waals surface area contributed by atoms with E-state index in [2.05, 4.69) is 76.2 Å². The molecule has 28 heteroatoms. The normalized spacial score (nSPS) is 14.6. The molecule has 2 amide bonds. The second kappa shape index (κ2) is 40.0. The zero-order chi connectivity index (χ0) is 72.8. The smallest absolute Gasteiger partial charge is 0.340 e. The third-order valence-electron chi connectivity index (χ3n) is 18.2. The van der Waals surface area contributed by atoms with Gasteiger partial charge in [0, 0.05) is 90.0 Å². The molecule has 0 radical (unpaired) electrons. The molecule has 5 heterocycles. The molecule has 28 nitrogen and oxygen atoms in total. The van der Waals surface area contributed by atoms with Gasteiger partial charge >= 0.3 is 11.9 Å². The number of phenolic OH excluding ortho intramolecular Hbond substituents is 2. The fraction of sp³-hybridized carbons (Fsp3) is 0.616. The first-order chi connectivity index (χ1) is 48.6. The van der Waals surface area contributed by atoms with Crippen LogP contribution < -0.4 is 15.4 Å². The summed E-state index contributed by atoms with van der Waals surface area (Å²) in [6, 6.07) is 13.9. The standard InChI is InChI=1S/C63H90N8O15.C10H17N3O2/c1-9-60(36-72,30-44(4)5)37-82-40-61(10-2,38-80-35-48-33-71(69-67-48)23-24-79-26-25-78-8)41-83-42-62(11-3,43-84-45(6)7)39-81-34-47-32-70(68-66-47)22-14-12-13-15-57(75)64-31-58(76)65-46-16-19-52-51(27-46)59(77)86-63(52)53-20-17-49(73)28-55(53)85-56-29-50(74)18-21-54(56)63;1-2-9-8-13(12-11-9)7-5-3-4-6-10(14)15/h16-21,27-29,32-33,44-45,72-74H,9-15,22-26,30-31,34-43H2,1-8H3,(H,64,75)(H,65,76);8H,2-7H2,1H3,(H,14,15). The van der Waals surface area contributed by atoms with Gasteiger partial charge in [0.25, 0.3) is 0 Å². The molecule has 2 aliphatic rings. The summed E-state index contributed by atoms with van der Waals surface area (Å²) in [5, 5.41) is 70.1. The Labute approximate surface area is 592 Å². The molecule has 0 bridgehead atoms. The van der Waals surface area contributed by atoms with Gasteiger partial charge in [-0.15, -0.1) is 15.3 Å². The number of benzene rings is 3. The lowest BCUT2D eigenvalue weighted by Crippen LogP contribution is -2.42. The van der Waals surface area contributed by atoms with E-state index in [1.54, 1.807) is 40.7 Å². The molecule has 556 valence electrons. The van der Waals surface area contributed by atoms with Crippen molar-refractivity contribution in [2.24, 2.45) is 22.2 Å². The monoisotopic (exact) mass is 1410 g/mol. The first kappa shape index (κ1) is 80.4. The number of carboxylic acid groups (broad SMARTS) is 1. The number of aliphatic hydroxyl groups is 1. The van der Waals surface area contributed by atoms with Gasteiger partial charge in [0.1, 0.15) is 34.4 Å². The number of aromatic nitrogens is 9. The van der Waals surface area contributed by atoms with Crippen LogP contribution in [0.1, 0.15) is 177 Å². The maximum absolute atomic E-state index is 13.5. The summed E-state index contributed by atoms with van der Waals surface area (Å²) >= 11 is 0. The number of aliphatic hydroxyl groups excluding tert-OH is 1. The lowest BCUT2D eigenvalue weighted by molar-refractivity contribution is -0.137. The quantitative estimate of drug-likeness (QED) is 0.0153. The third kappa shape index (κ3) is 24.1. The second-order valence-electron chi connectivity index (χ2n) is 27.2. The highest BCUT2D eigenvalue weighted by atomic mass is 16.6. The number of aliphatic carboxylic acids is 1. The Morgan fingerprint density at radius 3 is 1.64 bits per heavy atom. The summed E-state index contributed by atoms with van der Waals surface area (Å²) in [4.78, 5) is 49.6. The molecule has 3 atom stereocenters. The first-order valence-corrected chi connectivity index (χ1v) is 35.4. The second-order valence-corrected chi connectivity index (χ2v) is 27.2. The summed E-state index contributed by atoms with van der Waals surface area (Å²) in [6.45, 7) is 23.1. The van der Waals surface area contributed by atoms with Crippen molar-refractivity contribution < 1.29 is 82.2 Å². The number of esters is 1. The van der Waals surface area contributed by atoms with Crippen LogP contribution in [0.25, 0.3) is 0 Å². The van der Waals surface area contributed by atoms with E-state index in [1.165, 1.54) is 30.3 Å². The summed E-state index contributed by atoms with van der Waals surface area (Å²) in [7, 11) is 1.64. The van der Waals surface area contributed by atoms with Gasteiger partial charge < -0.3 is 73.7 Å². The molecule has 8 rings (SSSR count). The van der Waals surface area contributed by atoms with Crippen molar-refractivity contribution >= 4 is 29.4 Å². The van der Waals surface area contributed by atoms with E-state index in [-0.39, 0.29) is 85.2 Å². The van der Waals surface area contributed by atoms with E-state index in [0.717, 1.165) is 70.0 Å². The summed E-state index contributed by atoms with van der Waals surface area (Å²) in [6.07, 6.45) is 14.8. The number of fused-ring (bicyclic) bond motifs is 6. The molecule has 2 aliphatic heterocycles. The average Bonchev–Trinajstić information content (AvgIpc) is 1.59. The van der Waals surface area contributed by atoms with Crippen LogP contribution in [0, 0.1) is 22.2 Å². The highest BCUT2D eigenvalue weighted by Gasteiger charge is 2.54. The van der Waals surface area contributed by atoms with Gasteiger partial charge in [0.05, 0.1) is 129 Å². The number of amides is 2. The Balaban J connectivity index is 0.000000844. The number of ether oxygens (including phenoxy) is 9. The van der Waals surface area contributed by atoms with E-state index < -0.39 is 34.3 Å². The number of hydrogen-bond acceptors (Lipinski definition) is 22. The topological polar surface area (TPSA) is 348 Å². The van der Waals surface area contributed by atoms with E-state index in [9.17, 15) is 34.5 Å². The minimum Gasteiger partial charge on any atom is -0.508 e. The summed E-state index contributed by atoms with van der Waals surface area (Å²) in [5.41, 5.74) is 1.62. The van der Waals surface area contributed by atoms with Crippen molar-refractivity contribution in [1.29, 1.82) is 0 Å². The number of methoxy groups -OCH3 is 1. The van der Waals surface area contributed by atoms with Crippen molar-refractivity contribution in [3.63, 3.8) is 0 Å². The zero-order valence-corrected chi connectivity index (χ0v) is 60.4. The van der Waals surface area contributed by atoms with Crippen molar-refractivity contribution in [3.8, 4) is 23.0 Å². The molecular formula is C73H107N11O17. The van der Waals surface area contributed by atoms with Crippen LogP contribution in [0.2, 0.25) is 0 Å². The van der Waals surface area contributed by atoms with Crippen molar-refractivity contribution in [2.45, 2.75) is 183 Å². The Morgan fingerprint density at radius 1 is 0.594 bits per heavy atom. The maximum Gasteiger partial charge on any atom is 0.340 e. The molecule has 6 aromatic rings. The minimum atomic E-state index is -1.43. The van der Waals surface area contributed by atoms with Gasteiger partial charge in [-0.25, -0.2) is 9.48 Å². The summed E-state index contributed by atoms with van der Waals surface area (Å²) < 4.78 is 60.4. The predicted molar refractivity (Wildman–Crippen MR) is 373 cm³/mol. The fourth-order valence-electron chi connectivity index (χ4n) is 12.1. The molecule has 101 heavy (non-hydrogen) atoms. The van der Waals surface area contributed by atoms with Gasteiger partial charge in [-0.2, -0.15) is 0 Å². The molecule has 3 aromatic carbocycles. The molecule has 3 aromatic heterocycles. The van der Waals surface area contributed by atoms with Crippen LogP contribution in [0.5, 0.6) is 23.0 Å². The van der Waals surface area contributed by atoms with Gasteiger partial charge in [0.2, 0.25) is 11.8 Å². The Morgan fingerprint density at radius 2 is 1.12 bits per heavy atom. The number of phenols is 2. The maximum atomic E-state index is 13.5. The molecule has 1 spiro atoms. The molecule has 0 saturated heterocycles. The number of unbranched alkanes of at least 4 members (excludes halogenated alkanes) is 4. The number of nitrogens with one attached hydrogen (secondary N) is 2. The van der Waals surface area contributed by atoms with Gasteiger partial charge in [0.15, 0.2) is 5.60 Å². The number of aryl methyl sites for hydroxylation is 3. The van der Waals surface area contributed by atoms with E-state index in [0.29, 0.717) is 132 Å². The zero-order valence-electron chi connectivity index (χ0n) is 60.4. The fourth-order valence-corrected chi connectivity index (χ4v) is 12.1. The number of carbonyl (C=O) groups is 4. The lowest BCUT2D eigenvalue weighted by Gasteiger charge is -2.38. The van der Waals surface area contributed by atoms with Crippen molar-refractivity contribution in [3.05, 3.63) is 113 Å². The van der Waals surface area contributed by atoms with Crippen molar-refractivity contribution in [1.82, 2.24) is 50.3 Å². The van der Waals surface area contributed by atoms with Crippen LogP contribution in [0.3, 0.4) is 0 Å². The Bertz CT molecular complexity index is 3480. The third-order valence-corrected chi connectivity index (χ3v) is 18.2. The largest absolute Gasteiger partial charge is 0.508 e. The van der Waals surface area contributed by atoms with Gasteiger partial charge in [-0.05, 0) is 114 Å². The number of carboxylic acids is 1. The van der Waals surface area contributed by atoms with Gasteiger partial charge in [-0.3, -0.25) is 23.7 Å². The first-order valence-electron chi connectivity index (χ1n) is 35.4. The van der Waals surface area contributed by atoms with Crippen LogP contribution in [-0.2, 0) is 97.1 Å². The highest BCUT2D eigenvalue weighted by molar-refractivity contribution is 6.00. The predicted octanol–water partition coefficient (Wildman–Crippen LogP) is 9.73. The number of nitrogens with zero attached hydrogens (tertiary/aromatic N) is 9. The lowest BCUT2D eigenvalue weighted by atomic mass is 9.77. The molecule has 0 fully saturated rings. The molecule has 6 N–H and O–H groups in total. The number of carbonyl (C=O) groups excluding carboxylic acids is 3. The van der Waals surface area contributed by atoms with Crippen LogP contribution in [-0.4, -0.2) is 182 Å². The van der Waals surface area contributed by atoms with Crippen LogP contribution in [0.4, 0.5) is 5.69 Å². The Hall–Kier alpha value is -7.96. The van der Waals surface area contributed by atoms with E-state index >= 15 is 0 Å². The van der Waals surface area contributed by atoms with Crippen LogP contribution in [0.15, 0.2) is 73.2 Å². The molecular weight excluding hydrogens is 1300 g/mol. The minimum absolute atomic E-state index is 0.00457. The van der Waals surface area contributed by atoms with E-state index in [1.807, 2.05) is 44.0 Å². The molecule has 0 aliphatic carbocycles. The highest BCUT2D eigenvalue weighted by Crippen LogP contribution is 2.57. The summed E-state index contributed by atoms with van der Waals surface area (Å²) in [5.74, 6) is -1.29. The van der Waals surface area contributed by atoms with E-state index in [4.69, 9.17) is 47.7 Å². The number of rotatable bonds is 47. The van der Waals surface area contributed by atoms with Gasteiger partial charge in [-0.1, -0.05) is 76.1 Å². The number of aromatic hydroxyl groups is 2. The Kier molecular flexibility index (Phi) is 31.9. The molecule has 0 saturated carbocycles. The number of anilines is 1. The number of hydrogen-bond donors (Lipinski definition) is 6. The SMILES string of the molecule is CCC(COCc1cn(CCOCCOC)nn1)(COCC(CC)(COCc1cn(CCCCCC(=O)NCC(=O)Nc2ccc3c(c2)C(=O)OC32c3ccc(O)cc3Oc3cc(O)ccc32)nn1)COC(C)C)COCC(CC)(CO)CC(C)C.CCc1cn(CCCCCC(=O)O)nn1. The molecule has 3 unspecified atom stereocenters. The van der Waals surface area contributed by atoms with Crippen molar-refractivity contribution in [2.75, 3.05) is 91.6 Å².